The summed E-state index contributed by atoms with van der Waals surface area (Å²) in [6.07, 6.45) is 1.54. The summed E-state index contributed by atoms with van der Waals surface area (Å²) in [5.41, 5.74) is 1.26. The zero-order chi connectivity index (χ0) is 15.2. The molecule has 0 unspecified atom stereocenters. The van der Waals surface area contributed by atoms with Crippen LogP contribution in [0.15, 0.2) is 11.4 Å². The number of halogens is 1. The average molecular weight is 346 g/mol. The zero-order valence-electron chi connectivity index (χ0n) is 13.1. The van der Waals surface area contributed by atoms with E-state index < -0.39 is 0 Å². The van der Waals surface area contributed by atoms with E-state index in [4.69, 9.17) is 0 Å². The number of carbonyl (C=O) groups is 2. The highest BCUT2D eigenvalue weighted by Crippen LogP contribution is 2.24. The van der Waals surface area contributed by atoms with Crippen LogP contribution < -0.4 is 5.32 Å². The van der Waals surface area contributed by atoms with Crippen molar-refractivity contribution in [3.8, 4) is 0 Å². The molecule has 2 heterocycles. The number of thiophene rings is 1. The standard InChI is InChI=1S/C15H23N3O2S.ClH/c1-16-7-9-17(2)14(19)3-4-15(20)18-8-5-13-12(11-18)6-10-21-13;/h6,10,16H,3-5,7-9,11H2,1-2H3;1H. The van der Waals surface area contributed by atoms with E-state index in [0.29, 0.717) is 25.9 Å². The Kier molecular flexibility index (Phi) is 7.85. The number of carbonyl (C=O) groups excluding carboxylic acids is 2. The maximum atomic E-state index is 12.2. The van der Waals surface area contributed by atoms with Gasteiger partial charge in [-0.25, -0.2) is 0 Å². The number of nitrogens with zero attached hydrogens (tertiary/aromatic N) is 2. The maximum Gasteiger partial charge on any atom is 0.223 e. The van der Waals surface area contributed by atoms with E-state index in [2.05, 4.69) is 16.8 Å². The fourth-order valence-corrected chi connectivity index (χ4v) is 3.32. The summed E-state index contributed by atoms with van der Waals surface area (Å²) in [5, 5.41) is 5.09. The summed E-state index contributed by atoms with van der Waals surface area (Å²) in [6, 6.07) is 2.09. The first kappa shape index (κ1) is 18.9. The van der Waals surface area contributed by atoms with Gasteiger partial charge in [0.1, 0.15) is 0 Å². The third-order valence-corrected chi connectivity index (χ3v) is 4.86. The summed E-state index contributed by atoms with van der Waals surface area (Å²) in [7, 11) is 3.64. The van der Waals surface area contributed by atoms with Gasteiger partial charge in [0.2, 0.25) is 11.8 Å². The molecule has 5 nitrogen and oxygen atoms in total. The first-order valence-corrected chi connectivity index (χ1v) is 8.21. The van der Waals surface area contributed by atoms with Gasteiger partial charge >= 0.3 is 0 Å². The lowest BCUT2D eigenvalue weighted by atomic mass is 10.1. The number of fused-ring (bicyclic) bond motifs is 1. The Balaban J connectivity index is 0.00000242. The SMILES string of the molecule is CNCCN(C)C(=O)CCC(=O)N1CCc2sccc2C1.Cl. The lowest BCUT2D eigenvalue weighted by Gasteiger charge is -2.27. The topological polar surface area (TPSA) is 52.7 Å². The fraction of sp³-hybridized carbons (Fsp3) is 0.600. The molecule has 0 bridgehead atoms. The minimum Gasteiger partial charge on any atom is -0.344 e. The first-order valence-electron chi connectivity index (χ1n) is 7.33. The van der Waals surface area contributed by atoms with Crippen molar-refractivity contribution in [2.75, 3.05) is 33.7 Å². The van der Waals surface area contributed by atoms with Crippen LogP contribution in [0.2, 0.25) is 0 Å². The second-order valence-electron chi connectivity index (χ2n) is 5.35. The van der Waals surface area contributed by atoms with Crippen LogP contribution in [0.5, 0.6) is 0 Å². The summed E-state index contributed by atoms with van der Waals surface area (Å²) in [6.45, 7) is 2.91. The molecule has 0 saturated carbocycles. The third kappa shape index (κ3) is 4.97. The van der Waals surface area contributed by atoms with E-state index in [0.717, 1.165) is 19.5 Å². The van der Waals surface area contributed by atoms with Gasteiger partial charge in [0.05, 0.1) is 0 Å². The molecule has 1 aromatic heterocycles. The molecule has 7 heteroatoms. The molecule has 0 fully saturated rings. The highest BCUT2D eigenvalue weighted by atomic mass is 35.5. The van der Waals surface area contributed by atoms with Crippen LogP contribution in [0.4, 0.5) is 0 Å². The molecule has 0 aromatic carbocycles. The summed E-state index contributed by atoms with van der Waals surface area (Å²) < 4.78 is 0. The number of likely N-dealkylation sites (N-methyl/N-ethyl adjacent to an activating group) is 2. The van der Waals surface area contributed by atoms with E-state index in [1.165, 1.54) is 10.4 Å². The van der Waals surface area contributed by atoms with Crippen LogP contribution in [0.3, 0.4) is 0 Å². The monoisotopic (exact) mass is 345 g/mol. The van der Waals surface area contributed by atoms with E-state index in [1.807, 2.05) is 11.9 Å². The second-order valence-corrected chi connectivity index (χ2v) is 6.35. The predicted octanol–water partition coefficient (Wildman–Crippen LogP) is 1.51. The number of hydrogen-bond acceptors (Lipinski definition) is 4. The maximum absolute atomic E-state index is 12.2. The Hall–Kier alpha value is -1.11. The molecule has 2 rings (SSSR count). The van der Waals surface area contributed by atoms with Crippen LogP contribution in [-0.2, 0) is 22.6 Å². The average Bonchev–Trinajstić information content (AvgIpc) is 2.97. The van der Waals surface area contributed by atoms with Crippen molar-refractivity contribution in [1.29, 1.82) is 0 Å². The first-order chi connectivity index (χ1) is 10.1. The van der Waals surface area contributed by atoms with Crippen LogP contribution in [0.1, 0.15) is 23.3 Å². The van der Waals surface area contributed by atoms with Crippen LogP contribution >= 0.6 is 23.7 Å². The number of rotatable bonds is 6. The lowest BCUT2D eigenvalue weighted by Crippen LogP contribution is -2.37. The molecule has 2 amide bonds. The molecular formula is C15H24ClN3O2S. The Morgan fingerprint density at radius 1 is 1.41 bits per heavy atom. The van der Waals surface area contributed by atoms with Gasteiger partial charge in [0.25, 0.3) is 0 Å². The van der Waals surface area contributed by atoms with Gasteiger partial charge in [-0.05, 0) is 30.5 Å². The molecule has 0 spiro atoms. The third-order valence-electron chi connectivity index (χ3n) is 3.84. The van der Waals surface area contributed by atoms with E-state index in [9.17, 15) is 9.59 Å². The largest absolute Gasteiger partial charge is 0.344 e. The smallest absolute Gasteiger partial charge is 0.223 e. The van der Waals surface area contributed by atoms with Crippen molar-refractivity contribution < 1.29 is 9.59 Å². The fourth-order valence-electron chi connectivity index (χ4n) is 2.43. The van der Waals surface area contributed by atoms with E-state index in [-0.39, 0.29) is 24.2 Å². The van der Waals surface area contributed by atoms with Crippen molar-refractivity contribution in [3.63, 3.8) is 0 Å². The number of amides is 2. The Morgan fingerprint density at radius 2 is 2.18 bits per heavy atom. The molecule has 0 saturated heterocycles. The van der Waals surface area contributed by atoms with Gasteiger partial charge in [-0.3, -0.25) is 9.59 Å². The molecule has 22 heavy (non-hydrogen) atoms. The van der Waals surface area contributed by atoms with Gasteiger partial charge in [0, 0.05) is 50.9 Å². The predicted molar refractivity (Wildman–Crippen MR) is 91.5 cm³/mol. The molecular weight excluding hydrogens is 322 g/mol. The van der Waals surface area contributed by atoms with Crippen LogP contribution in [0, 0.1) is 0 Å². The quantitative estimate of drug-likeness (QED) is 0.850. The van der Waals surface area contributed by atoms with Crippen LogP contribution in [0.25, 0.3) is 0 Å². The zero-order valence-corrected chi connectivity index (χ0v) is 14.8. The van der Waals surface area contributed by atoms with Crippen molar-refractivity contribution >= 4 is 35.6 Å². The molecule has 1 aliphatic heterocycles. The van der Waals surface area contributed by atoms with Gasteiger partial charge in [-0.1, -0.05) is 0 Å². The van der Waals surface area contributed by atoms with E-state index in [1.54, 1.807) is 23.3 Å². The Morgan fingerprint density at radius 3 is 2.91 bits per heavy atom. The summed E-state index contributed by atoms with van der Waals surface area (Å²) >= 11 is 1.76. The molecule has 0 radical (unpaired) electrons. The molecule has 124 valence electrons. The summed E-state index contributed by atoms with van der Waals surface area (Å²) in [4.78, 5) is 29.1. The van der Waals surface area contributed by atoms with Crippen molar-refractivity contribution in [3.05, 3.63) is 21.9 Å². The van der Waals surface area contributed by atoms with Gasteiger partial charge in [-0.15, -0.1) is 23.7 Å². The minimum absolute atomic E-state index is 0. The van der Waals surface area contributed by atoms with Gasteiger partial charge in [0.15, 0.2) is 0 Å². The Labute approximate surface area is 142 Å². The molecule has 1 aliphatic rings. The van der Waals surface area contributed by atoms with Crippen molar-refractivity contribution in [2.24, 2.45) is 0 Å². The highest BCUT2D eigenvalue weighted by molar-refractivity contribution is 7.10. The molecule has 0 aliphatic carbocycles. The highest BCUT2D eigenvalue weighted by Gasteiger charge is 2.22. The Bertz CT molecular complexity index is 507. The van der Waals surface area contributed by atoms with Gasteiger partial charge < -0.3 is 15.1 Å². The molecule has 1 aromatic rings. The van der Waals surface area contributed by atoms with Crippen LogP contribution in [-0.4, -0.2) is 55.3 Å². The molecule has 0 atom stereocenters. The van der Waals surface area contributed by atoms with Crippen molar-refractivity contribution in [2.45, 2.75) is 25.8 Å². The second kappa shape index (κ2) is 9.12. The summed E-state index contributed by atoms with van der Waals surface area (Å²) in [5.74, 6) is 0.119. The number of hydrogen-bond donors (Lipinski definition) is 1. The lowest BCUT2D eigenvalue weighted by molar-refractivity contribution is -0.136. The number of nitrogens with one attached hydrogen (secondary N) is 1. The van der Waals surface area contributed by atoms with Crippen molar-refractivity contribution in [1.82, 2.24) is 15.1 Å². The van der Waals surface area contributed by atoms with Gasteiger partial charge in [-0.2, -0.15) is 0 Å². The minimum atomic E-state index is 0. The van der Waals surface area contributed by atoms with E-state index >= 15 is 0 Å². The normalized spacial score (nSPS) is 13.3. The molecule has 1 N–H and O–H groups in total.